The van der Waals surface area contributed by atoms with E-state index in [1.165, 1.54) is 12.1 Å². The van der Waals surface area contributed by atoms with Gasteiger partial charge in [0.25, 0.3) is 5.69 Å². The molecule has 1 aromatic rings. The van der Waals surface area contributed by atoms with E-state index in [0.717, 1.165) is 16.5 Å². The number of non-ortho nitro benzene ring substituents is 1. The summed E-state index contributed by atoms with van der Waals surface area (Å²) in [6.07, 6.45) is 1.58. The summed E-state index contributed by atoms with van der Waals surface area (Å²) in [5, 5.41) is 23.1. The molecule has 0 saturated carbocycles. The van der Waals surface area contributed by atoms with Crippen LogP contribution in [-0.4, -0.2) is 22.2 Å². The Morgan fingerprint density at radius 1 is 1.53 bits per heavy atom. The van der Waals surface area contributed by atoms with Gasteiger partial charge in [0, 0.05) is 35.3 Å². The number of aliphatic hydroxyl groups excluding tert-OH is 1. The maximum atomic E-state index is 10.7. The van der Waals surface area contributed by atoms with Crippen LogP contribution in [0.4, 0.5) is 5.69 Å². The first-order valence-electron chi connectivity index (χ1n) is 6.20. The Balaban J connectivity index is 2.75. The van der Waals surface area contributed by atoms with Gasteiger partial charge in [-0.15, -0.1) is 0 Å². The SMILES string of the molecule is CCC(C)(CCO)NCc1ccc([N+](=O)[O-])cc1Br. The molecular formula is C13H19BrN2O3. The Kier molecular flexibility index (Phi) is 5.90. The van der Waals surface area contributed by atoms with Gasteiger partial charge in [-0.1, -0.05) is 22.9 Å². The van der Waals surface area contributed by atoms with Gasteiger partial charge in [0.05, 0.1) is 4.92 Å². The van der Waals surface area contributed by atoms with Crippen molar-refractivity contribution >= 4 is 21.6 Å². The number of nitro benzene ring substituents is 1. The predicted octanol–water partition coefficient (Wildman–Crippen LogP) is 3.00. The summed E-state index contributed by atoms with van der Waals surface area (Å²) >= 11 is 3.35. The predicted molar refractivity (Wildman–Crippen MR) is 78.0 cm³/mol. The first-order valence-corrected chi connectivity index (χ1v) is 7.00. The normalized spacial score (nSPS) is 14.1. The Morgan fingerprint density at radius 3 is 2.68 bits per heavy atom. The molecule has 0 amide bonds. The number of nitrogens with zero attached hydrogens (tertiary/aromatic N) is 1. The molecule has 5 nitrogen and oxygen atoms in total. The molecule has 0 aromatic heterocycles. The fraction of sp³-hybridized carbons (Fsp3) is 0.538. The van der Waals surface area contributed by atoms with Crippen molar-refractivity contribution < 1.29 is 10.0 Å². The van der Waals surface area contributed by atoms with Crippen molar-refractivity contribution in [1.82, 2.24) is 5.32 Å². The van der Waals surface area contributed by atoms with E-state index in [-0.39, 0.29) is 17.8 Å². The van der Waals surface area contributed by atoms with Crippen LogP contribution in [0.5, 0.6) is 0 Å². The fourth-order valence-corrected chi connectivity index (χ4v) is 2.25. The molecule has 0 spiro atoms. The third kappa shape index (κ3) is 4.56. The highest BCUT2D eigenvalue weighted by Crippen LogP contribution is 2.24. The molecule has 6 heteroatoms. The first kappa shape index (κ1) is 16.1. The molecule has 0 aliphatic rings. The zero-order chi connectivity index (χ0) is 14.5. The molecule has 0 fully saturated rings. The molecule has 1 aromatic carbocycles. The Labute approximate surface area is 121 Å². The molecule has 0 bridgehead atoms. The number of benzene rings is 1. The summed E-state index contributed by atoms with van der Waals surface area (Å²) in [4.78, 5) is 10.2. The summed E-state index contributed by atoms with van der Waals surface area (Å²) in [6, 6.07) is 4.74. The second kappa shape index (κ2) is 6.98. The van der Waals surface area contributed by atoms with E-state index in [9.17, 15) is 10.1 Å². The van der Waals surface area contributed by atoms with Gasteiger partial charge < -0.3 is 10.4 Å². The van der Waals surface area contributed by atoms with Crippen LogP contribution >= 0.6 is 15.9 Å². The van der Waals surface area contributed by atoms with Gasteiger partial charge in [-0.2, -0.15) is 0 Å². The molecule has 0 heterocycles. The van der Waals surface area contributed by atoms with Gasteiger partial charge in [-0.25, -0.2) is 0 Å². The van der Waals surface area contributed by atoms with Crippen LogP contribution in [-0.2, 0) is 6.54 Å². The van der Waals surface area contributed by atoms with Crippen molar-refractivity contribution in [3.63, 3.8) is 0 Å². The second-order valence-corrected chi connectivity index (χ2v) is 5.63. The Morgan fingerprint density at radius 2 is 2.21 bits per heavy atom. The minimum absolute atomic E-state index is 0.0734. The van der Waals surface area contributed by atoms with Crippen LogP contribution in [0.15, 0.2) is 22.7 Å². The van der Waals surface area contributed by atoms with Crippen LogP contribution in [0.25, 0.3) is 0 Å². The highest BCUT2D eigenvalue weighted by molar-refractivity contribution is 9.10. The molecule has 0 aliphatic carbocycles. The topological polar surface area (TPSA) is 75.4 Å². The van der Waals surface area contributed by atoms with Gasteiger partial charge in [0.1, 0.15) is 0 Å². The highest BCUT2D eigenvalue weighted by atomic mass is 79.9. The average Bonchev–Trinajstić information content (AvgIpc) is 2.37. The zero-order valence-electron chi connectivity index (χ0n) is 11.1. The molecule has 2 N–H and O–H groups in total. The maximum absolute atomic E-state index is 10.7. The number of aliphatic hydroxyl groups is 1. The van der Waals surface area contributed by atoms with Crippen LogP contribution in [0, 0.1) is 10.1 Å². The quantitative estimate of drug-likeness (QED) is 0.595. The summed E-state index contributed by atoms with van der Waals surface area (Å²) in [7, 11) is 0. The molecule has 0 aliphatic heterocycles. The first-order chi connectivity index (χ1) is 8.91. The minimum Gasteiger partial charge on any atom is -0.396 e. The number of hydrogen-bond donors (Lipinski definition) is 2. The number of hydrogen-bond acceptors (Lipinski definition) is 4. The maximum Gasteiger partial charge on any atom is 0.270 e. The molecular weight excluding hydrogens is 312 g/mol. The number of rotatable bonds is 7. The minimum atomic E-state index is -0.413. The monoisotopic (exact) mass is 330 g/mol. The van der Waals surface area contributed by atoms with Crippen molar-refractivity contribution in [1.29, 1.82) is 0 Å². The highest BCUT2D eigenvalue weighted by Gasteiger charge is 2.21. The third-order valence-electron chi connectivity index (χ3n) is 3.40. The van der Waals surface area contributed by atoms with Crippen LogP contribution < -0.4 is 5.32 Å². The average molecular weight is 331 g/mol. The van der Waals surface area contributed by atoms with E-state index < -0.39 is 4.92 Å². The lowest BCUT2D eigenvalue weighted by Crippen LogP contribution is -2.42. The summed E-state index contributed by atoms with van der Waals surface area (Å²) in [5.74, 6) is 0. The molecule has 1 atom stereocenters. The molecule has 0 radical (unpaired) electrons. The van der Waals surface area contributed by atoms with E-state index in [1.807, 2.05) is 0 Å². The van der Waals surface area contributed by atoms with E-state index in [1.54, 1.807) is 6.07 Å². The van der Waals surface area contributed by atoms with Crippen molar-refractivity contribution in [3.05, 3.63) is 38.3 Å². The van der Waals surface area contributed by atoms with E-state index in [2.05, 4.69) is 35.1 Å². The summed E-state index contributed by atoms with van der Waals surface area (Å²) in [6.45, 7) is 4.86. The molecule has 19 heavy (non-hydrogen) atoms. The molecule has 1 unspecified atom stereocenters. The fourth-order valence-electron chi connectivity index (χ4n) is 1.74. The second-order valence-electron chi connectivity index (χ2n) is 4.77. The van der Waals surface area contributed by atoms with Crippen LogP contribution in [0.2, 0.25) is 0 Å². The number of nitro groups is 1. The van der Waals surface area contributed by atoms with Gasteiger partial charge in [-0.05, 0) is 31.4 Å². The number of nitrogens with one attached hydrogen (secondary N) is 1. The van der Waals surface area contributed by atoms with Crippen LogP contribution in [0.1, 0.15) is 32.3 Å². The standard InChI is InChI=1S/C13H19BrN2O3/c1-3-13(2,6-7-17)15-9-10-4-5-11(16(18)19)8-12(10)14/h4-5,8,15,17H,3,6-7,9H2,1-2H3. The molecule has 106 valence electrons. The Bertz CT molecular complexity index is 454. The van der Waals surface area contributed by atoms with Gasteiger partial charge in [0.15, 0.2) is 0 Å². The van der Waals surface area contributed by atoms with Gasteiger partial charge >= 0.3 is 0 Å². The van der Waals surface area contributed by atoms with Gasteiger partial charge in [-0.3, -0.25) is 10.1 Å². The summed E-state index contributed by atoms with van der Waals surface area (Å²) < 4.78 is 0.719. The molecule has 1 rings (SSSR count). The van der Waals surface area contributed by atoms with Crippen molar-refractivity contribution in [3.8, 4) is 0 Å². The van der Waals surface area contributed by atoms with Gasteiger partial charge in [0.2, 0.25) is 0 Å². The molecule has 0 saturated heterocycles. The number of halogens is 1. The van der Waals surface area contributed by atoms with Crippen molar-refractivity contribution in [2.24, 2.45) is 0 Å². The Hall–Kier alpha value is -0.980. The van der Waals surface area contributed by atoms with E-state index in [4.69, 9.17) is 5.11 Å². The zero-order valence-corrected chi connectivity index (χ0v) is 12.7. The smallest absolute Gasteiger partial charge is 0.270 e. The van der Waals surface area contributed by atoms with E-state index >= 15 is 0 Å². The lowest BCUT2D eigenvalue weighted by molar-refractivity contribution is -0.384. The van der Waals surface area contributed by atoms with Crippen molar-refractivity contribution in [2.45, 2.75) is 38.8 Å². The van der Waals surface area contributed by atoms with Crippen molar-refractivity contribution in [2.75, 3.05) is 6.61 Å². The van der Waals surface area contributed by atoms with Crippen LogP contribution in [0.3, 0.4) is 0 Å². The largest absolute Gasteiger partial charge is 0.396 e. The lowest BCUT2D eigenvalue weighted by atomic mass is 9.94. The lowest BCUT2D eigenvalue weighted by Gasteiger charge is -2.29. The third-order valence-corrected chi connectivity index (χ3v) is 4.14. The summed E-state index contributed by atoms with van der Waals surface area (Å²) in [5.41, 5.74) is 0.906. The van der Waals surface area contributed by atoms with E-state index in [0.29, 0.717) is 13.0 Å².